The van der Waals surface area contributed by atoms with E-state index in [9.17, 15) is 9.18 Å². The van der Waals surface area contributed by atoms with Gasteiger partial charge in [-0.3, -0.25) is 9.78 Å². The third-order valence-corrected chi connectivity index (χ3v) is 3.54. The van der Waals surface area contributed by atoms with E-state index in [1.165, 1.54) is 17.4 Å². The highest BCUT2D eigenvalue weighted by Gasteiger charge is 2.10. The summed E-state index contributed by atoms with van der Waals surface area (Å²) in [7, 11) is 0. The molecule has 0 fully saturated rings. The first kappa shape index (κ1) is 11.0. The van der Waals surface area contributed by atoms with E-state index >= 15 is 0 Å². The van der Waals surface area contributed by atoms with Crippen LogP contribution in [0.5, 0.6) is 0 Å². The molecule has 2 heterocycles. The van der Waals surface area contributed by atoms with Crippen LogP contribution >= 0.6 is 11.3 Å². The van der Waals surface area contributed by atoms with Crippen LogP contribution < -0.4 is 5.56 Å². The van der Waals surface area contributed by atoms with E-state index in [2.05, 4.69) is 9.97 Å². The van der Waals surface area contributed by atoms with Crippen LogP contribution in [0.4, 0.5) is 4.39 Å². The first-order valence-corrected chi connectivity index (χ1v) is 6.08. The zero-order chi connectivity index (χ0) is 12.5. The first-order chi connectivity index (χ1) is 8.75. The number of hydrogen-bond acceptors (Lipinski definition) is 4. The lowest BCUT2D eigenvalue weighted by Crippen LogP contribution is -2.08. The molecule has 1 aromatic carbocycles. The average Bonchev–Trinajstić information content (AvgIpc) is 2.39. The SMILES string of the molecule is O=c1nc(-c2ccccn2)sc2cccc(F)c12. The minimum absolute atomic E-state index is 0.0437. The van der Waals surface area contributed by atoms with Gasteiger partial charge in [-0.2, -0.15) is 4.98 Å². The maximum Gasteiger partial charge on any atom is 0.282 e. The van der Waals surface area contributed by atoms with Crippen molar-refractivity contribution in [3.8, 4) is 10.7 Å². The summed E-state index contributed by atoms with van der Waals surface area (Å²) < 4.78 is 14.1. The van der Waals surface area contributed by atoms with Crippen LogP contribution in [0.2, 0.25) is 0 Å². The molecule has 0 aliphatic carbocycles. The van der Waals surface area contributed by atoms with E-state index in [4.69, 9.17) is 0 Å². The molecule has 3 nitrogen and oxygen atoms in total. The quantitative estimate of drug-likeness (QED) is 0.674. The second-order valence-electron chi connectivity index (χ2n) is 3.65. The van der Waals surface area contributed by atoms with Crippen LogP contribution in [0, 0.1) is 5.82 Å². The van der Waals surface area contributed by atoms with Crippen molar-refractivity contribution < 1.29 is 4.39 Å². The molecule has 3 rings (SSSR count). The van der Waals surface area contributed by atoms with Crippen LogP contribution in [0.3, 0.4) is 0 Å². The fourth-order valence-corrected chi connectivity index (χ4v) is 2.67. The van der Waals surface area contributed by atoms with Gasteiger partial charge in [-0.25, -0.2) is 4.39 Å². The minimum Gasteiger partial charge on any atom is -0.267 e. The van der Waals surface area contributed by atoms with Gasteiger partial charge in [0.1, 0.15) is 10.8 Å². The van der Waals surface area contributed by atoms with E-state index < -0.39 is 11.4 Å². The molecule has 0 radical (unpaired) electrons. The molecule has 0 unspecified atom stereocenters. The number of benzene rings is 1. The second kappa shape index (κ2) is 4.27. The maximum absolute atomic E-state index is 13.5. The number of nitrogens with zero attached hydrogens (tertiary/aromatic N) is 2. The number of hydrogen-bond donors (Lipinski definition) is 0. The summed E-state index contributed by atoms with van der Waals surface area (Å²) in [6.45, 7) is 0. The molecule has 2 aromatic heterocycles. The van der Waals surface area contributed by atoms with Crippen molar-refractivity contribution in [2.75, 3.05) is 0 Å². The number of aromatic nitrogens is 2. The lowest BCUT2D eigenvalue weighted by atomic mass is 10.2. The van der Waals surface area contributed by atoms with Crippen LogP contribution in [-0.4, -0.2) is 9.97 Å². The van der Waals surface area contributed by atoms with Crippen molar-refractivity contribution >= 4 is 21.4 Å². The summed E-state index contributed by atoms with van der Waals surface area (Å²) in [5.74, 6) is -0.533. The Balaban J connectivity index is 2.33. The molecule has 0 aliphatic heterocycles. The highest BCUT2D eigenvalue weighted by molar-refractivity contribution is 7.21. The second-order valence-corrected chi connectivity index (χ2v) is 4.68. The molecule has 0 amide bonds. The Morgan fingerprint density at radius 3 is 2.78 bits per heavy atom. The fourth-order valence-electron chi connectivity index (χ4n) is 1.67. The Hall–Kier alpha value is -2.14. The predicted molar refractivity (Wildman–Crippen MR) is 69.1 cm³/mol. The van der Waals surface area contributed by atoms with Gasteiger partial charge in [-0.15, -0.1) is 11.3 Å². The standard InChI is InChI=1S/C13H7FN2OS/c14-8-4-3-6-10-11(8)12(17)16-13(18-10)9-5-1-2-7-15-9/h1-7H. The molecule has 0 bridgehead atoms. The van der Waals surface area contributed by atoms with Gasteiger partial charge in [0.25, 0.3) is 5.56 Å². The zero-order valence-electron chi connectivity index (χ0n) is 9.13. The molecule has 5 heteroatoms. The fraction of sp³-hybridized carbons (Fsp3) is 0. The number of halogens is 1. The van der Waals surface area contributed by atoms with Gasteiger partial charge in [-0.05, 0) is 24.3 Å². The number of fused-ring (bicyclic) bond motifs is 1. The molecule has 3 aromatic rings. The average molecular weight is 258 g/mol. The van der Waals surface area contributed by atoms with Crippen LogP contribution in [0.15, 0.2) is 47.4 Å². The first-order valence-electron chi connectivity index (χ1n) is 5.26. The van der Waals surface area contributed by atoms with Crippen LogP contribution in [0.25, 0.3) is 20.8 Å². The molecule has 0 N–H and O–H groups in total. The van der Waals surface area contributed by atoms with E-state index in [-0.39, 0.29) is 5.39 Å². The summed E-state index contributed by atoms with van der Waals surface area (Å²) in [5, 5.41) is 0.542. The van der Waals surface area contributed by atoms with E-state index in [0.717, 1.165) is 0 Å². The molecule has 0 aliphatic rings. The van der Waals surface area contributed by atoms with E-state index in [0.29, 0.717) is 15.4 Å². The van der Waals surface area contributed by atoms with Gasteiger partial charge < -0.3 is 0 Å². The lowest BCUT2D eigenvalue weighted by molar-refractivity contribution is 0.639. The Kier molecular flexibility index (Phi) is 2.60. The van der Waals surface area contributed by atoms with Crippen molar-refractivity contribution in [3.05, 3.63) is 58.8 Å². The lowest BCUT2D eigenvalue weighted by Gasteiger charge is -2.01. The minimum atomic E-state index is -0.553. The molecular formula is C13H7FN2OS. The van der Waals surface area contributed by atoms with Crippen molar-refractivity contribution in [1.29, 1.82) is 0 Å². The summed E-state index contributed by atoms with van der Waals surface area (Å²) in [6, 6.07) is 9.92. The van der Waals surface area contributed by atoms with Gasteiger partial charge in [0.2, 0.25) is 0 Å². The molecule has 0 spiro atoms. The normalized spacial score (nSPS) is 10.7. The van der Waals surface area contributed by atoms with Crippen LogP contribution in [0.1, 0.15) is 0 Å². The molecular weight excluding hydrogens is 251 g/mol. The Labute approximate surface area is 106 Å². The third-order valence-electron chi connectivity index (χ3n) is 2.48. The van der Waals surface area contributed by atoms with Crippen molar-refractivity contribution in [1.82, 2.24) is 9.97 Å². The highest BCUT2D eigenvalue weighted by atomic mass is 32.1. The molecule has 0 saturated heterocycles. The van der Waals surface area contributed by atoms with E-state index in [1.54, 1.807) is 30.5 Å². The summed E-state index contributed by atoms with van der Waals surface area (Å²) >= 11 is 1.25. The predicted octanol–water partition coefficient (Wildman–Crippen LogP) is 2.86. The highest BCUT2D eigenvalue weighted by Crippen LogP contribution is 2.25. The van der Waals surface area contributed by atoms with Gasteiger partial charge in [-0.1, -0.05) is 12.1 Å². The topological polar surface area (TPSA) is 42.9 Å². The number of rotatable bonds is 1. The summed E-state index contributed by atoms with van der Waals surface area (Å²) in [4.78, 5) is 19.8. The van der Waals surface area contributed by atoms with Crippen LogP contribution in [-0.2, 0) is 0 Å². The van der Waals surface area contributed by atoms with Gasteiger partial charge in [0.05, 0.1) is 11.1 Å². The van der Waals surface area contributed by atoms with Crippen molar-refractivity contribution in [3.63, 3.8) is 0 Å². The van der Waals surface area contributed by atoms with Gasteiger partial charge in [0.15, 0.2) is 0 Å². The van der Waals surface area contributed by atoms with Crippen molar-refractivity contribution in [2.24, 2.45) is 0 Å². The van der Waals surface area contributed by atoms with E-state index in [1.807, 2.05) is 6.07 Å². The largest absolute Gasteiger partial charge is 0.282 e. The summed E-state index contributed by atoms with van der Waals surface area (Å²) in [5.41, 5.74) is 0.0632. The molecule has 0 atom stereocenters. The Morgan fingerprint density at radius 1 is 1.11 bits per heavy atom. The third kappa shape index (κ3) is 1.78. The zero-order valence-corrected chi connectivity index (χ0v) is 9.95. The van der Waals surface area contributed by atoms with Gasteiger partial charge in [0, 0.05) is 10.9 Å². The van der Waals surface area contributed by atoms with Crippen molar-refractivity contribution in [2.45, 2.75) is 0 Å². The Morgan fingerprint density at radius 2 is 2.00 bits per heavy atom. The Bertz CT molecular complexity index is 771. The number of pyridine rings is 1. The maximum atomic E-state index is 13.5. The van der Waals surface area contributed by atoms with Gasteiger partial charge >= 0.3 is 0 Å². The molecule has 88 valence electrons. The molecule has 18 heavy (non-hydrogen) atoms. The smallest absolute Gasteiger partial charge is 0.267 e. The molecule has 0 saturated carbocycles. The monoisotopic (exact) mass is 258 g/mol. The summed E-state index contributed by atoms with van der Waals surface area (Å²) in [6.07, 6.45) is 1.63.